The van der Waals surface area contributed by atoms with E-state index in [9.17, 15) is 14.9 Å². The molecule has 2 fully saturated rings. The average Bonchev–Trinajstić information content (AvgIpc) is 3.20. The Bertz CT molecular complexity index is 1110. The van der Waals surface area contributed by atoms with E-state index in [1.807, 2.05) is 6.07 Å². The molecule has 35 heavy (non-hydrogen) atoms. The molecule has 2 aromatic carbocycles. The topological polar surface area (TPSA) is 115 Å². The van der Waals surface area contributed by atoms with Crippen LogP contribution in [0.25, 0.3) is 0 Å². The van der Waals surface area contributed by atoms with E-state index in [1.54, 1.807) is 14.2 Å². The number of urea groups is 1. The van der Waals surface area contributed by atoms with Gasteiger partial charge in [-0.25, -0.2) is 4.79 Å². The van der Waals surface area contributed by atoms with Crippen LogP contribution < -0.4 is 24.8 Å². The molecular formula is C25H32N4O6. The van der Waals surface area contributed by atoms with Gasteiger partial charge >= 0.3 is 6.03 Å². The number of ether oxygens (including phenoxy) is 3. The summed E-state index contributed by atoms with van der Waals surface area (Å²) in [4.78, 5) is 25.8. The molecule has 2 aromatic rings. The standard InChI is InChI=1S/C25H32N4O6/c1-28-12-11-25(16-5-7-21(34-3)22(13-16)35-4)10-9-17(14-23(25)28)26-24(30)27-19-15-18(29(31)32)6-8-20(19)33-2/h5-8,13,15,17,23H,9-12,14H2,1-4H3,(H2,26,27,30)/t17-,23+,25+/m1/s1. The summed E-state index contributed by atoms with van der Waals surface area (Å²) in [5.74, 6) is 1.79. The van der Waals surface area contributed by atoms with Gasteiger partial charge in [0.1, 0.15) is 5.75 Å². The summed E-state index contributed by atoms with van der Waals surface area (Å²) < 4.78 is 16.2. The van der Waals surface area contributed by atoms with Crippen LogP contribution in [0.5, 0.6) is 17.2 Å². The van der Waals surface area contributed by atoms with E-state index in [0.717, 1.165) is 38.0 Å². The summed E-state index contributed by atoms with van der Waals surface area (Å²) in [5, 5.41) is 16.9. The van der Waals surface area contributed by atoms with Crippen molar-refractivity contribution >= 4 is 17.4 Å². The highest BCUT2D eigenvalue weighted by Gasteiger charge is 2.50. The number of nitro groups is 1. The molecular weight excluding hydrogens is 452 g/mol. The van der Waals surface area contributed by atoms with Gasteiger partial charge < -0.3 is 29.7 Å². The molecule has 0 bridgehead atoms. The van der Waals surface area contributed by atoms with E-state index in [0.29, 0.717) is 11.5 Å². The number of carbonyl (C=O) groups is 1. The van der Waals surface area contributed by atoms with Crippen LogP contribution in [0.15, 0.2) is 36.4 Å². The normalized spacial score (nSPS) is 23.8. The Hall–Kier alpha value is -3.53. The molecule has 0 spiro atoms. The first kappa shape index (κ1) is 24.6. The first-order valence-electron chi connectivity index (χ1n) is 11.6. The lowest BCUT2D eigenvalue weighted by Crippen LogP contribution is -2.52. The molecule has 3 atom stereocenters. The van der Waals surface area contributed by atoms with Crippen molar-refractivity contribution in [1.29, 1.82) is 0 Å². The number of hydrogen-bond donors (Lipinski definition) is 2. The number of methoxy groups -OCH3 is 3. The Morgan fingerprint density at radius 3 is 2.46 bits per heavy atom. The van der Waals surface area contributed by atoms with Crippen molar-refractivity contribution in [3.63, 3.8) is 0 Å². The van der Waals surface area contributed by atoms with Gasteiger partial charge in [0.15, 0.2) is 11.5 Å². The van der Waals surface area contributed by atoms with E-state index in [1.165, 1.54) is 30.9 Å². The Balaban J connectivity index is 1.49. The highest BCUT2D eigenvalue weighted by molar-refractivity contribution is 5.91. The summed E-state index contributed by atoms with van der Waals surface area (Å²) in [5.41, 5.74) is 1.35. The van der Waals surface area contributed by atoms with Crippen molar-refractivity contribution in [3.8, 4) is 17.2 Å². The molecule has 2 N–H and O–H groups in total. The lowest BCUT2D eigenvalue weighted by molar-refractivity contribution is -0.384. The number of non-ortho nitro benzene ring substituents is 1. The number of rotatable bonds is 7. The maximum absolute atomic E-state index is 12.8. The monoisotopic (exact) mass is 484 g/mol. The molecule has 0 aromatic heterocycles. The number of nitro benzene ring substituents is 1. The van der Waals surface area contributed by atoms with E-state index >= 15 is 0 Å². The second kappa shape index (κ2) is 9.99. The number of anilines is 1. The van der Waals surface area contributed by atoms with Crippen LogP contribution >= 0.6 is 0 Å². The molecule has 1 heterocycles. The summed E-state index contributed by atoms with van der Waals surface area (Å²) in [6, 6.07) is 10.1. The summed E-state index contributed by atoms with van der Waals surface area (Å²) in [7, 11) is 6.86. The molecule has 0 unspecified atom stereocenters. The van der Waals surface area contributed by atoms with Crippen LogP contribution in [0.1, 0.15) is 31.2 Å². The Morgan fingerprint density at radius 1 is 1.06 bits per heavy atom. The summed E-state index contributed by atoms with van der Waals surface area (Å²) >= 11 is 0. The van der Waals surface area contributed by atoms with E-state index in [-0.39, 0.29) is 28.9 Å². The molecule has 1 aliphatic carbocycles. The molecule has 188 valence electrons. The zero-order valence-corrected chi connectivity index (χ0v) is 20.5. The molecule has 4 rings (SSSR count). The average molecular weight is 485 g/mol. The Morgan fingerprint density at radius 2 is 1.77 bits per heavy atom. The second-order valence-electron chi connectivity index (χ2n) is 9.18. The number of nitrogens with zero attached hydrogens (tertiary/aromatic N) is 2. The van der Waals surface area contributed by atoms with E-state index < -0.39 is 11.0 Å². The largest absolute Gasteiger partial charge is 0.495 e. The minimum absolute atomic E-state index is 0.0216. The fourth-order valence-corrected chi connectivity index (χ4v) is 5.65. The number of nitrogens with one attached hydrogen (secondary N) is 2. The highest BCUT2D eigenvalue weighted by atomic mass is 16.6. The Labute approximate surface area is 204 Å². The van der Waals surface area contributed by atoms with Crippen LogP contribution in [0, 0.1) is 10.1 Å². The van der Waals surface area contributed by atoms with E-state index in [4.69, 9.17) is 14.2 Å². The number of fused-ring (bicyclic) bond motifs is 1. The Kier molecular flexibility index (Phi) is 7.02. The van der Waals surface area contributed by atoms with Crippen molar-refractivity contribution in [2.24, 2.45) is 0 Å². The van der Waals surface area contributed by atoms with Gasteiger partial charge in [-0.1, -0.05) is 6.07 Å². The van der Waals surface area contributed by atoms with Crippen LogP contribution in [-0.2, 0) is 5.41 Å². The van der Waals surface area contributed by atoms with Crippen molar-refractivity contribution in [3.05, 3.63) is 52.1 Å². The zero-order chi connectivity index (χ0) is 25.2. The van der Waals surface area contributed by atoms with Gasteiger partial charge in [-0.3, -0.25) is 10.1 Å². The third-order valence-corrected chi connectivity index (χ3v) is 7.46. The van der Waals surface area contributed by atoms with Crippen LogP contribution in [0.3, 0.4) is 0 Å². The third kappa shape index (κ3) is 4.70. The smallest absolute Gasteiger partial charge is 0.319 e. The molecule has 1 saturated heterocycles. The van der Waals surface area contributed by atoms with Crippen LogP contribution in [-0.4, -0.2) is 62.9 Å². The molecule has 10 heteroatoms. The fraction of sp³-hybridized carbons (Fsp3) is 0.480. The molecule has 2 amide bonds. The minimum atomic E-state index is -0.507. The molecule has 0 radical (unpaired) electrons. The number of carbonyl (C=O) groups excluding carboxylic acids is 1. The van der Waals surface area contributed by atoms with Crippen molar-refractivity contribution in [2.75, 3.05) is 40.2 Å². The van der Waals surface area contributed by atoms with Crippen LogP contribution in [0.4, 0.5) is 16.2 Å². The zero-order valence-electron chi connectivity index (χ0n) is 20.5. The minimum Gasteiger partial charge on any atom is -0.495 e. The van der Waals surface area contributed by atoms with Crippen molar-refractivity contribution in [2.45, 2.75) is 43.2 Å². The van der Waals surface area contributed by atoms with Gasteiger partial charge in [0.25, 0.3) is 5.69 Å². The summed E-state index contributed by atoms with van der Waals surface area (Å²) in [6.45, 7) is 0.975. The van der Waals surface area contributed by atoms with Crippen molar-refractivity contribution < 1.29 is 23.9 Å². The van der Waals surface area contributed by atoms with Gasteiger partial charge in [-0.05, 0) is 63.0 Å². The van der Waals surface area contributed by atoms with Gasteiger partial charge in [0, 0.05) is 29.6 Å². The van der Waals surface area contributed by atoms with E-state index in [2.05, 4.69) is 34.7 Å². The van der Waals surface area contributed by atoms with Crippen molar-refractivity contribution in [1.82, 2.24) is 10.2 Å². The SMILES string of the molecule is COc1ccc([N+](=O)[O-])cc1NC(=O)N[C@@H]1CC[C@@]2(c3ccc(OC)c(OC)c3)CCN(C)[C@H]2C1. The number of likely N-dealkylation sites (tertiary alicyclic amines) is 1. The lowest BCUT2D eigenvalue weighted by Gasteiger charge is -2.45. The fourth-order valence-electron chi connectivity index (χ4n) is 5.65. The third-order valence-electron chi connectivity index (χ3n) is 7.46. The first-order valence-corrected chi connectivity index (χ1v) is 11.6. The molecule has 1 saturated carbocycles. The number of likely N-dealkylation sites (N-methyl/N-ethyl adjacent to an activating group) is 1. The predicted molar refractivity (Wildman–Crippen MR) is 132 cm³/mol. The second-order valence-corrected chi connectivity index (χ2v) is 9.18. The van der Waals surface area contributed by atoms with Crippen LogP contribution in [0.2, 0.25) is 0 Å². The maximum Gasteiger partial charge on any atom is 0.319 e. The summed E-state index contributed by atoms with van der Waals surface area (Å²) in [6.07, 6.45) is 3.57. The highest BCUT2D eigenvalue weighted by Crippen LogP contribution is 2.49. The number of hydrogen-bond acceptors (Lipinski definition) is 7. The lowest BCUT2D eigenvalue weighted by atomic mass is 9.65. The number of benzene rings is 2. The predicted octanol–water partition coefficient (Wildman–Crippen LogP) is 3.94. The molecule has 2 aliphatic rings. The van der Waals surface area contributed by atoms with Gasteiger partial charge in [0.2, 0.25) is 0 Å². The first-order chi connectivity index (χ1) is 16.8. The van der Waals surface area contributed by atoms with Gasteiger partial charge in [-0.15, -0.1) is 0 Å². The molecule has 1 aliphatic heterocycles. The van der Waals surface area contributed by atoms with Gasteiger partial charge in [0.05, 0.1) is 31.9 Å². The maximum atomic E-state index is 12.8. The van der Waals surface area contributed by atoms with Gasteiger partial charge in [-0.2, -0.15) is 0 Å². The number of amides is 2. The molecule has 10 nitrogen and oxygen atoms in total. The quantitative estimate of drug-likeness (QED) is 0.452.